The van der Waals surface area contributed by atoms with E-state index in [1.165, 1.54) is 0 Å². The lowest BCUT2D eigenvalue weighted by Crippen LogP contribution is -2.33. The minimum absolute atomic E-state index is 0.137. The Hall–Kier alpha value is -2.38. The van der Waals surface area contributed by atoms with Crippen LogP contribution in [0, 0.1) is 13.8 Å². The fourth-order valence-corrected chi connectivity index (χ4v) is 1.97. The maximum atomic E-state index is 12.0. The lowest BCUT2D eigenvalue weighted by molar-refractivity contribution is -0.124. The number of nitrogens with one attached hydrogen (secondary N) is 2. The van der Waals surface area contributed by atoms with E-state index in [2.05, 4.69) is 25.1 Å². The number of amides is 1. The Balaban J connectivity index is 1.88. The highest BCUT2D eigenvalue weighted by molar-refractivity contribution is 5.79. The second kappa shape index (κ2) is 5.72. The topological polar surface area (TPSA) is 106 Å². The highest BCUT2D eigenvalue weighted by Crippen LogP contribution is 2.10. The number of aromatic amines is 1. The molecule has 0 radical (unpaired) electrons. The molecule has 0 bridgehead atoms. The molecule has 2 N–H and O–H groups in total. The summed E-state index contributed by atoms with van der Waals surface area (Å²) in [5, 5.41) is 10.6. The van der Waals surface area contributed by atoms with E-state index < -0.39 is 5.76 Å². The lowest BCUT2D eigenvalue weighted by Gasteiger charge is -2.14. The molecule has 1 atom stereocenters. The molecule has 2 aromatic rings. The van der Waals surface area contributed by atoms with Crippen LogP contribution in [0.3, 0.4) is 0 Å². The van der Waals surface area contributed by atoms with Gasteiger partial charge in [0.1, 0.15) is 6.04 Å². The quantitative estimate of drug-likeness (QED) is 0.807. The monoisotopic (exact) mass is 279 g/mol. The van der Waals surface area contributed by atoms with Gasteiger partial charge in [0.15, 0.2) is 5.82 Å². The van der Waals surface area contributed by atoms with Crippen molar-refractivity contribution in [3.05, 3.63) is 33.8 Å². The van der Waals surface area contributed by atoms with Gasteiger partial charge in [0.25, 0.3) is 0 Å². The standard InChI is InChI=1S/C12H17N5O3/c1-7-6-8(2)17(15-7)9(3)11(18)13-5-4-10-14-12(19)20-16-10/h6,9H,4-5H2,1-3H3,(H,13,18)(H,14,16,19). The zero-order valence-electron chi connectivity index (χ0n) is 11.6. The van der Waals surface area contributed by atoms with Gasteiger partial charge in [-0.25, -0.2) is 4.79 Å². The number of carbonyl (C=O) groups excluding carboxylic acids is 1. The van der Waals surface area contributed by atoms with Crippen LogP contribution < -0.4 is 11.1 Å². The summed E-state index contributed by atoms with van der Waals surface area (Å²) in [5.41, 5.74) is 1.81. The van der Waals surface area contributed by atoms with E-state index in [-0.39, 0.29) is 11.9 Å². The predicted octanol–water partition coefficient (Wildman–Crippen LogP) is 0.0961. The first kappa shape index (κ1) is 14.0. The normalized spacial score (nSPS) is 12.3. The van der Waals surface area contributed by atoms with Crippen LogP contribution in [0.25, 0.3) is 0 Å². The second-order valence-corrected chi connectivity index (χ2v) is 4.63. The van der Waals surface area contributed by atoms with Crippen molar-refractivity contribution in [1.29, 1.82) is 0 Å². The van der Waals surface area contributed by atoms with Gasteiger partial charge in [-0.05, 0) is 26.8 Å². The third-order valence-electron chi connectivity index (χ3n) is 2.94. The minimum atomic E-state index is -0.595. The van der Waals surface area contributed by atoms with Crippen molar-refractivity contribution < 1.29 is 9.32 Å². The van der Waals surface area contributed by atoms with E-state index in [4.69, 9.17) is 0 Å². The summed E-state index contributed by atoms with van der Waals surface area (Å²) in [7, 11) is 0. The number of carbonyl (C=O) groups is 1. The van der Waals surface area contributed by atoms with Gasteiger partial charge in [-0.3, -0.25) is 19.0 Å². The Bertz CT molecular complexity index is 654. The van der Waals surface area contributed by atoms with E-state index in [1.807, 2.05) is 19.9 Å². The number of aryl methyl sites for hydroxylation is 2. The molecule has 8 nitrogen and oxygen atoms in total. The maximum absolute atomic E-state index is 12.0. The van der Waals surface area contributed by atoms with Crippen LogP contribution in [0.15, 0.2) is 15.4 Å². The summed E-state index contributed by atoms with van der Waals surface area (Å²) < 4.78 is 6.05. The SMILES string of the molecule is Cc1cc(C)n(C(C)C(=O)NCCc2noc(=O)[nH]2)n1. The highest BCUT2D eigenvalue weighted by atomic mass is 16.5. The number of nitrogens with zero attached hydrogens (tertiary/aromatic N) is 3. The Morgan fingerprint density at radius 1 is 1.55 bits per heavy atom. The van der Waals surface area contributed by atoms with Crippen LogP contribution >= 0.6 is 0 Å². The molecule has 2 aromatic heterocycles. The van der Waals surface area contributed by atoms with Gasteiger partial charge in [-0.15, -0.1) is 0 Å². The Kier molecular flexibility index (Phi) is 4.02. The van der Waals surface area contributed by atoms with E-state index in [0.29, 0.717) is 18.8 Å². The highest BCUT2D eigenvalue weighted by Gasteiger charge is 2.17. The first-order chi connectivity index (χ1) is 9.47. The third kappa shape index (κ3) is 3.14. The average molecular weight is 279 g/mol. The summed E-state index contributed by atoms with van der Waals surface area (Å²) >= 11 is 0. The van der Waals surface area contributed by atoms with Crippen molar-refractivity contribution in [3.8, 4) is 0 Å². The number of hydrogen-bond acceptors (Lipinski definition) is 5. The van der Waals surface area contributed by atoms with Gasteiger partial charge >= 0.3 is 5.76 Å². The molecule has 0 aliphatic carbocycles. The van der Waals surface area contributed by atoms with Gasteiger partial charge in [0, 0.05) is 18.7 Å². The van der Waals surface area contributed by atoms with Crippen LogP contribution in [-0.2, 0) is 11.2 Å². The van der Waals surface area contributed by atoms with Crippen molar-refractivity contribution >= 4 is 5.91 Å². The molecule has 8 heteroatoms. The molecule has 2 rings (SSSR count). The third-order valence-corrected chi connectivity index (χ3v) is 2.94. The molecule has 1 amide bonds. The van der Waals surface area contributed by atoms with Crippen LogP contribution in [0.2, 0.25) is 0 Å². The fourth-order valence-electron chi connectivity index (χ4n) is 1.97. The summed E-state index contributed by atoms with van der Waals surface area (Å²) in [6, 6.07) is 1.53. The van der Waals surface area contributed by atoms with Crippen LogP contribution in [-0.4, -0.2) is 32.4 Å². The van der Waals surface area contributed by atoms with Crippen LogP contribution in [0.1, 0.15) is 30.2 Å². The number of hydrogen-bond donors (Lipinski definition) is 2. The first-order valence-electron chi connectivity index (χ1n) is 6.32. The van der Waals surface area contributed by atoms with Gasteiger partial charge in [-0.1, -0.05) is 5.16 Å². The van der Waals surface area contributed by atoms with Gasteiger partial charge in [-0.2, -0.15) is 5.10 Å². The number of aromatic nitrogens is 4. The molecule has 0 fully saturated rings. The Morgan fingerprint density at radius 3 is 2.85 bits per heavy atom. The van der Waals surface area contributed by atoms with E-state index in [0.717, 1.165) is 11.4 Å². The largest absolute Gasteiger partial charge is 0.438 e. The molecule has 2 heterocycles. The van der Waals surface area contributed by atoms with Gasteiger partial charge in [0.2, 0.25) is 5.91 Å². The molecular formula is C12H17N5O3. The molecule has 0 aliphatic rings. The average Bonchev–Trinajstić information content (AvgIpc) is 2.94. The molecular weight excluding hydrogens is 262 g/mol. The maximum Gasteiger partial charge on any atom is 0.438 e. The molecule has 0 aliphatic heterocycles. The van der Waals surface area contributed by atoms with E-state index in [1.54, 1.807) is 11.6 Å². The summed E-state index contributed by atoms with van der Waals surface area (Å²) in [6.45, 7) is 5.94. The molecule has 0 saturated heterocycles. The zero-order chi connectivity index (χ0) is 14.7. The van der Waals surface area contributed by atoms with E-state index in [9.17, 15) is 9.59 Å². The van der Waals surface area contributed by atoms with Gasteiger partial charge in [0.05, 0.1) is 5.69 Å². The fraction of sp³-hybridized carbons (Fsp3) is 0.500. The summed E-state index contributed by atoms with van der Waals surface area (Å²) in [4.78, 5) is 25.2. The predicted molar refractivity (Wildman–Crippen MR) is 70.2 cm³/mol. The van der Waals surface area contributed by atoms with Crippen LogP contribution in [0.5, 0.6) is 0 Å². The van der Waals surface area contributed by atoms with Crippen molar-refractivity contribution in [2.45, 2.75) is 33.2 Å². The molecule has 0 aromatic carbocycles. The molecule has 1 unspecified atom stereocenters. The second-order valence-electron chi connectivity index (χ2n) is 4.63. The van der Waals surface area contributed by atoms with E-state index >= 15 is 0 Å². The first-order valence-corrected chi connectivity index (χ1v) is 6.32. The molecule has 0 saturated carbocycles. The lowest BCUT2D eigenvalue weighted by atomic mass is 10.3. The molecule has 108 valence electrons. The Labute approximate surface area is 115 Å². The Morgan fingerprint density at radius 2 is 2.30 bits per heavy atom. The van der Waals surface area contributed by atoms with Gasteiger partial charge < -0.3 is 5.32 Å². The minimum Gasteiger partial charge on any atom is -0.354 e. The van der Waals surface area contributed by atoms with Crippen molar-refractivity contribution in [2.24, 2.45) is 0 Å². The summed E-state index contributed by atoms with van der Waals surface area (Å²) in [6.07, 6.45) is 0.404. The smallest absolute Gasteiger partial charge is 0.354 e. The summed E-state index contributed by atoms with van der Waals surface area (Å²) in [5.74, 6) is -0.321. The van der Waals surface area contributed by atoms with Crippen molar-refractivity contribution in [2.75, 3.05) is 6.54 Å². The zero-order valence-corrected chi connectivity index (χ0v) is 11.6. The van der Waals surface area contributed by atoms with Crippen LogP contribution in [0.4, 0.5) is 0 Å². The molecule has 20 heavy (non-hydrogen) atoms. The van der Waals surface area contributed by atoms with Crippen molar-refractivity contribution in [3.63, 3.8) is 0 Å². The number of rotatable bonds is 5. The number of H-pyrrole nitrogens is 1. The van der Waals surface area contributed by atoms with Crippen molar-refractivity contribution in [1.82, 2.24) is 25.2 Å². The molecule has 0 spiro atoms.